The second-order valence-corrected chi connectivity index (χ2v) is 9.03. The van der Waals surface area contributed by atoms with Crippen LogP contribution in [0.4, 0.5) is 10.1 Å². The molecule has 1 saturated heterocycles. The summed E-state index contributed by atoms with van der Waals surface area (Å²) < 4.78 is 40.4. The second kappa shape index (κ2) is 7.53. The highest BCUT2D eigenvalue weighted by Crippen LogP contribution is 2.25. The summed E-state index contributed by atoms with van der Waals surface area (Å²) in [5.41, 5.74) is 0.166. The number of carbonyl (C=O) groups excluding carboxylic acids is 1. The van der Waals surface area contributed by atoms with E-state index in [-0.39, 0.29) is 22.2 Å². The van der Waals surface area contributed by atoms with Crippen LogP contribution in [0.3, 0.4) is 0 Å². The Hall–Kier alpha value is -1.93. The van der Waals surface area contributed by atoms with E-state index in [9.17, 15) is 17.6 Å². The minimum Gasteiger partial charge on any atom is -0.342 e. The number of benzene rings is 1. The number of sulfonamides is 1. The summed E-state index contributed by atoms with van der Waals surface area (Å²) in [7, 11) is -3.79. The molecule has 1 fully saturated rings. The summed E-state index contributed by atoms with van der Waals surface area (Å²) in [6, 6.07) is 8.41. The Labute approximate surface area is 150 Å². The maximum absolute atomic E-state index is 13.2. The number of thiophene rings is 1. The molecular weight excluding hydrogens is 363 g/mol. The molecule has 1 aromatic heterocycles. The van der Waals surface area contributed by atoms with E-state index in [0.717, 1.165) is 49.8 Å². The Kier molecular flexibility index (Phi) is 5.39. The van der Waals surface area contributed by atoms with Crippen LogP contribution in [0.25, 0.3) is 0 Å². The van der Waals surface area contributed by atoms with Crippen LogP contribution >= 0.6 is 11.3 Å². The van der Waals surface area contributed by atoms with E-state index in [4.69, 9.17) is 0 Å². The average Bonchev–Trinajstić information content (AvgIpc) is 3.05. The lowest BCUT2D eigenvalue weighted by Gasteiger charge is -2.26. The molecule has 0 bridgehead atoms. The molecule has 1 N–H and O–H groups in total. The summed E-state index contributed by atoms with van der Waals surface area (Å²) in [6.45, 7) is 1.55. The fourth-order valence-corrected chi connectivity index (χ4v) is 5.16. The molecule has 1 aliphatic heterocycles. The van der Waals surface area contributed by atoms with Gasteiger partial charge in [-0.15, -0.1) is 11.3 Å². The van der Waals surface area contributed by atoms with Crippen molar-refractivity contribution in [1.82, 2.24) is 4.90 Å². The van der Waals surface area contributed by atoms with Gasteiger partial charge in [-0.05, 0) is 49.6 Å². The van der Waals surface area contributed by atoms with Crippen molar-refractivity contribution in [3.63, 3.8) is 0 Å². The summed E-state index contributed by atoms with van der Waals surface area (Å²) in [5, 5.41) is 0. The van der Waals surface area contributed by atoms with Crippen LogP contribution in [0.15, 0.2) is 40.6 Å². The van der Waals surface area contributed by atoms with E-state index < -0.39 is 15.8 Å². The quantitative estimate of drug-likeness (QED) is 0.863. The van der Waals surface area contributed by atoms with Gasteiger partial charge in [0, 0.05) is 18.0 Å². The molecule has 2 heterocycles. The Morgan fingerprint density at radius 3 is 2.64 bits per heavy atom. The molecule has 8 heteroatoms. The van der Waals surface area contributed by atoms with Gasteiger partial charge in [-0.1, -0.05) is 6.07 Å². The number of rotatable bonds is 5. The SMILES string of the molecule is O=C(Cc1ccc(S(=O)(=O)Nc2cccc(F)c2)s1)N1CCCCC1. The van der Waals surface area contributed by atoms with Crippen molar-refractivity contribution < 1.29 is 17.6 Å². The van der Waals surface area contributed by atoms with Gasteiger partial charge < -0.3 is 4.90 Å². The lowest BCUT2D eigenvalue weighted by molar-refractivity contribution is -0.131. The zero-order valence-electron chi connectivity index (χ0n) is 13.6. The number of hydrogen-bond donors (Lipinski definition) is 1. The number of amides is 1. The number of nitrogens with zero attached hydrogens (tertiary/aromatic N) is 1. The molecular formula is C17H19FN2O3S2. The van der Waals surface area contributed by atoms with Crippen molar-refractivity contribution in [3.05, 3.63) is 47.1 Å². The number of anilines is 1. The van der Waals surface area contributed by atoms with E-state index >= 15 is 0 Å². The maximum Gasteiger partial charge on any atom is 0.271 e. The first-order valence-electron chi connectivity index (χ1n) is 8.09. The normalized spacial score (nSPS) is 15.2. The highest BCUT2D eigenvalue weighted by molar-refractivity contribution is 7.94. The van der Waals surface area contributed by atoms with Gasteiger partial charge in [0.2, 0.25) is 5.91 Å². The lowest BCUT2D eigenvalue weighted by atomic mass is 10.1. The molecule has 2 aromatic rings. The molecule has 0 spiro atoms. The minimum absolute atomic E-state index is 0.0311. The van der Waals surface area contributed by atoms with Crippen molar-refractivity contribution >= 4 is 33.0 Å². The molecule has 0 unspecified atom stereocenters. The van der Waals surface area contributed by atoms with Gasteiger partial charge in [0.05, 0.1) is 12.1 Å². The smallest absolute Gasteiger partial charge is 0.271 e. The molecule has 0 radical (unpaired) electrons. The van der Waals surface area contributed by atoms with Crippen molar-refractivity contribution in [2.75, 3.05) is 17.8 Å². The number of carbonyl (C=O) groups is 1. The second-order valence-electron chi connectivity index (χ2n) is 5.95. The number of piperidine rings is 1. The van der Waals surface area contributed by atoms with Crippen molar-refractivity contribution in [3.8, 4) is 0 Å². The van der Waals surface area contributed by atoms with Gasteiger partial charge in [-0.2, -0.15) is 0 Å². The van der Waals surface area contributed by atoms with Crippen molar-refractivity contribution in [2.45, 2.75) is 29.9 Å². The predicted octanol–water partition coefficient (Wildman–Crippen LogP) is 3.24. The highest BCUT2D eigenvalue weighted by atomic mass is 32.2. The number of nitrogens with one attached hydrogen (secondary N) is 1. The molecule has 1 aromatic carbocycles. The Morgan fingerprint density at radius 1 is 1.16 bits per heavy atom. The van der Waals surface area contributed by atoms with Crippen LogP contribution in [0.1, 0.15) is 24.1 Å². The predicted molar refractivity (Wildman–Crippen MR) is 95.7 cm³/mol. The highest BCUT2D eigenvalue weighted by Gasteiger charge is 2.21. The van der Waals surface area contributed by atoms with E-state index in [1.54, 1.807) is 6.07 Å². The number of hydrogen-bond acceptors (Lipinski definition) is 4. The Morgan fingerprint density at radius 2 is 1.92 bits per heavy atom. The maximum atomic E-state index is 13.2. The molecule has 1 amide bonds. The number of halogens is 1. The van der Waals surface area contributed by atoms with Crippen molar-refractivity contribution in [1.29, 1.82) is 0 Å². The van der Waals surface area contributed by atoms with Gasteiger partial charge in [0.1, 0.15) is 10.0 Å². The summed E-state index contributed by atoms with van der Waals surface area (Å²) in [4.78, 5) is 14.8. The fraction of sp³-hybridized carbons (Fsp3) is 0.353. The van der Waals surface area contributed by atoms with E-state index in [0.29, 0.717) is 4.88 Å². The van der Waals surface area contributed by atoms with Crippen molar-refractivity contribution in [2.24, 2.45) is 0 Å². The topological polar surface area (TPSA) is 66.5 Å². The molecule has 1 aliphatic rings. The zero-order valence-corrected chi connectivity index (χ0v) is 15.2. The first kappa shape index (κ1) is 17.9. The monoisotopic (exact) mass is 382 g/mol. The van der Waals surface area contributed by atoms with Crippen LogP contribution in [0.2, 0.25) is 0 Å². The molecule has 134 valence electrons. The van der Waals surface area contributed by atoms with Gasteiger partial charge in [0.25, 0.3) is 10.0 Å². The Bertz CT molecular complexity index is 858. The lowest BCUT2D eigenvalue weighted by Crippen LogP contribution is -2.36. The number of likely N-dealkylation sites (tertiary alicyclic amines) is 1. The van der Waals surface area contributed by atoms with Crippen LogP contribution < -0.4 is 4.72 Å². The standard InChI is InChI=1S/C17H19FN2O3S2/c18-13-5-4-6-14(11-13)19-25(22,23)17-8-7-15(24-17)12-16(21)20-9-2-1-3-10-20/h4-8,11,19H,1-3,9-10,12H2. The summed E-state index contributed by atoms with van der Waals surface area (Å²) in [5.74, 6) is -0.484. The summed E-state index contributed by atoms with van der Waals surface area (Å²) in [6.07, 6.45) is 3.40. The third kappa shape index (κ3) is 4.58. The van der Waals surface area contributed by atoms with Crippen LogP contribution in [0.5, 0.6) is 0 Å². The molecule has 0 saturated carbocycles. The average molecular weight is 382 g/mol. The largest absolute Gasteiger partial charge is 0.342 e. The van der Waals surface area contributed by atoms with Gasteiger partial charge in [-0.25, -0.2) is 12.8 Å². The fourth-order valence-electron chi connectivity index (χ4n) is 2.76. The first-order chi connectivity index (χ1) is 11.9. The third-order valence-corrected chi connectivity index (χ3v) is 6.97. The molecule has 3 rings (SSSR count). The van der Waals surface area contributed by atoms with Gasteiger partial charge >= 0.3 is 0 Å². The van der Waals surface area contributed by atoms with E-state index in [1.165, 1.54) is 24.3 Å². The van der Waals surface area contributed by atoms with E-state index in [1.807, 2.05) is 4.90 Å². The molecule has 0 aliphatic carbocycles. The minimum atomic E-state index is -3.79. The van der Waals surface area contributed by atoms with Crippen LogP contribution in [-0.2, 0) is 21.2 Å². The summed E-state index contributed by atoms with van der Waals surface area (Å²) >= 11 is 1.06. The molecule has 0 atom stereocenters. The zero-order chi connectivity index (χ0) is 17.9. The van der Waals surface area contributed by atoms with E-state index in [2.05, 4.69) is 4.72 Å². The van der Waals surface area contributed by atoms with Gasteiger partial charge in [0.15, 0.2) is 0 Å². The van der Waals surface area contributed by atoms with Gasteiger partial charge in [-0.3, -0.25) is 9.52 Å². The Balaban J connectivity index is 1.68. The molecule has 25 heavy (non-hydrogen) atoms. The molecule has 5 nitrogen and oxygen atoms in total. The van der Waals surface area contributed by atoms with Crippen LogP contribution in [0, 0.1) is 5.82 Å². The third-order valence-electron chi connectivity index (χ3n) is 4.01. The first-order valence-corrected chi connectivity index (χ1v) is 10.4. The van der Waals surface area contributed by atoms with Crippen LogP contribution in [-0.4, -0.2) is 32.3 Å².